The number of nitrogens with one attached hydrogen (secondary N) is 1. The Morgan fingerprint density at radius 2 is 1.88 bits per heavy atom. The van der Waals surface area contributed by atoms with E-state index in [9.17, 15) is 0 Å². The fraction of sp³-hybridized carbons (Fsp3) is 0.487. The van der Waals surface area contributed by atoms with Crippen molar-refractivity contribution in [3.63, 3.8) is 0 Å². The normalized spacial score (nSPS) is 34.8. The van der Waals surface area contributed by atoms with Gasteiger partial charge in [-0.1, -0.05) is 64.2 Å². The third kappa shape index (κ3) is 3.61. The first-order valence-electron chi connectivity index (χ1n) is 17.0. The zero-order valence-electron chi connectivity index (χ0n) is 26.4. The van der Waals surface area contributed by atoms with Gasteiger partial charge in [0, 0.05) is 35.3 Å². The fourth-order valence-electron chi connectivity index (χ4n) is 9.81. The van der Waals surface area contributed by atoms with Gasteiger partial charge in [-0.05, 0) is 103 Å². The fourth-order valence-corrected chi connectivity index (χ4v) is 9.81. The monoisotopic (exact) mass is 571 g/mol. The molecular formula is C39H45N3O. The van der Waals surface area contributed by atoms with Gasteiger partial charge in [-0.25, -0.2) is 0 Å². The number of nitrogens with zero attached hydrogens (tertiary/aromatic N) is 2. The Morgan fingerprint density at radius 1 is 1.02 bits per heavy atom. The van der Waals surface area contributed by atoms with E-state index >= 15 is 0 Å². The van der Waals surface area contributed by atoms with Crippen molar-refractivity contribution in [2.45, 2.75) is 96.9 Å². The number of rotatable bonds is 2. The van der Waals surface area contributed by atoms with Crippen molar-refractivity contribution in [3.8, 4) is 0 Å². The van der Waals surface area contributed by atoms with Crippen molar-refractivity contribution in [1.82, 2.24) is 10.2 Å². The van der Waals surface area contributed by atoms with Gasteiger partial charge in [0.25, 0.3) is 0 Å². The molecule has 0 amide bonds. The predicted octanol–water partition coefficient (Wildman–Crippen LogP) is 8.41. The van der Waals surface area contributed by atoms with Crippen molar-refractivity contribution < 1.29 is 4.74 Å². The summed E-state index contributed by atoms with van der Waals surface area (Å²) in [6.45, 7) is 13.0. The summed E-state index contributed by atoms with van der Waals surface area (Å²) < 4.78 is 7.27. The van der Waals surface area contributed by atoms with Crippen molar-refractivity contribution >= 4 is 11.3 Å². The molecule has 9 rings (SSSR count). The highest BCUT2D eigenvalue weighted by molar-refractivity contribution is 5.81. The molecule has 1 N–H and O–H groups in total. The predicted molar refractivity (Wildman–Crippen MR) is 175 cm³/mol. The highest BCUT2D eigenvalue weighted by Crippen LogP contribution is 2.58. The number of ether oxygens (including phenoxy) is 1. The zero-order chi connectivity index (χ0) is 29.1. The molecule has 4 heteroatoms. The molecule has 5 heterocycles. The van der Waals surface area contributed by atoms with Crippen LogP contribution in [-0.4, -0.2) is 29.8 Å². The van der Waals surface area contributed by atoms with E-state index in [1.807, 2.05) is 0 Å². The average Bonchev–Trinajstić information content (AvgIpc) is 3.65. The van der Waals surface area contributed by atoms with Crippen LogP contribution in [0.2, 0.25) is 0 Å². The number of benzene rings is 1. The van der Waals surface area contributed by atoms with Gasteiger partial charge in [0.05, 0.1) is 17.4 Å². The molecule has 8 aliphatic rings. The lowest BCUT2D eigenvalue weighted by Crippen LogP contribution is -2.47. The van der Waals surface area contributed by atoms with Gasteiger partial charge < -0.3 is 19.9 Å². The van der Waals surface area contributed by atoms with E-state index in [0.29, 0.717) is 35.6 Å². The quantitative estimate of drug-likeness (QED) is 0.386. The Morgan fingerprint density at radius 3 is 2.70 bits per heavy atom. The van der Waals surface area contributed by atoms with E-state index in [1.165, 1.54) is 61.9 Å². The van der Waals surface area contributed by atoms with Gasteiger partial charge in [0.1, 0.15) is 18.0 Å². The molecule has 1 aromatic rings. The van der Waals surface area contributed by atoms with Crippen LogP contribution in [-0.2, 0) is 4.74 Å². The topological polar surface area (TPSA) is 27.7 Å². The molecule has 0 spiro atoms. The zero-order valence-corrected chi connectivity index (χ0v) is 26.4. The van der Waals surface area contributed by atoms with Gasteiger partial charge in [0.2, 0.25) is 0 Å². The largest absolute Gasteiger partial charge is 0.491 e. The molecule has 7 unspecified atom stereocenters. The minimum absolute atomic E-state index is 0.168. The second kappa shape index (κ2) is 9.30. The first-order valence-corrected chi connectivity index (χ1v) is 17.0. The van der Waals surface area contributed by atoms with Crippen LogP contribution >= 0.6 is 0 Å². The lowest BCUT2D eigenvalue weighted by molar-refractivity contribution is 0.0911. The SMILES string of the molecule is CC1=CC2C3OC4=C5C(=CC(C)C42)CN2C4=C(C=CCC4)N(c4c(C(C)C)cc(C6=CCCC=C6)cc4C(C)CC3N1)C52. The summed E-state index contributed by atoms with van der Waals surface area (Å²) in [4.78, 5) is 5.53. The van der Waals surface area contributed by atoms with Crippen molar-refractivity contribution in [2.24, 2.45) is 17.8 Å². The second-order valence-electron chi connectivity index (χ2n) is 14.7. The lowest BCUT2D eigenvalue weighted by atomic mass is 9.71. The van der Waals surface area contributed by atoms with E-state index < -0.39 is 0 Å². The minimum Gasteiger partial charge on any atom is -0.491 e. The number of hydrogen-bond acceptors (Lipinski definition) is 4. The summed E-state index contributed by atoms with van der Waals surface area (Å²) >= 11 is 0. The Balaban J connectivity index is 1.34. The Kier molecular flexibility index (Phi) is 5.63. The van der Waals surface area contributed by atoms with Crippen molar-refractivity contribution in [1.29, 1.82) is 0 Å². The number of fused-ring (bicyclic) bond motifs is 5. The maximum Gasteiger partial charge on any atom is 0.136 e. The molecule has 2 saturated heterocycles. The number of hydrogen-bond donors (Lipinski definition) is 1. The highest BCUT2D eigenvalue weighted by Gasteiger charge is 2.57. The van der Waals surface area contributed by atoms with Gasteiger partial charge in [-0.2, -0.15) is 0 Å². The molecule has 2 bridgehead atoms. The standard InChI is InChI=1S/C39H45N3O/c1-21(2)28-18-26(25-11-7-6-8-12-25)19-29-22(3)16-31-37-30(17-24(5)40-31)34-23(4)15-27-20-41-32-13-9-10-14-33(32)42(36(28)29)39(41)35(27)38(34)43-37/h7,10-12,14-15,17-19,21-23,30-31,34,37,39-40H,6,8-9,13,16,20H2,1-5H3. The molecule has 3 aliphatic carbocycles. The molecule has 4 nitrogen and oxygen atoms in total. The van der Waals surface area contributed by atoms with Crippen LogP contribution in [0.5, 0.6) is 0 Å². The molecule has 5 aliphatic heterocycles. The summed E-state index contributed by atoms with van der Waals surface area (Å²) in [6.07, 6.45) is 23.0. The molecule has 43 heavy (non-hydrogen) atoms. The van der Waals surface area contributed by atoms with E-state index in [-0.39, 0.29) is 12.3 Å². The Hall–Kier alpha value is -3.40. The molecule has 2 fully saturated rings. The van der Waals surface area contributed by atoms with Crippen molar-refractivity contribution in [2.75, 3.05) is 11.4 Å². The minimum atomic E-state index is 0.168. The molecule has 0 radical (unpaired) electrons. The lowest BCUT2D eigenvalue weighted by Gasteiger charge is -2.39. The molecule has 0 saturated carbocycles. The maximum absolute atomic E-state index is 7.27. The van der Waals surface area contributed by atoms with Crippen LogP contribution in [0.25, 0.3) is 5.57 Å². The number of allylic oxidation sites excluding steroid dienone is 10. The van der Waals surface area contributed by atoms with Crippen LogP contribution in [0.15, 0.2) is 88.7 Å². The van der Waals surface area contributed by atoms with E-state index in [0.717, 1.165) is 38.6 Å². The van der Waals surface area contributed by atoms with Gasteiger partial charge >= 0.3 is 0 Å². The summed E-state index contributed by atoms with van der Waals surface area (Å²) in [7, 11) is 0. The third-order valence-corrected chi connectivity index (χ3v) is 11.6. The molecule has 222 valence electrons. The molecule has 1 aromatic carbocycles. The first kappa shape index (κ1) is 26.0. The van der Waals surface area contributed by atoms with Crippen LogP contribution in [0.1, 0.15) is 95.2 Å². The summed E-state index contributed by atoms with van der Waals surface area (Å²) in [5.74, 6) is 3.42. The van der Waals surface area contributed by atoms with Crippen LogP contribution < -0.4 is 10.2 Å². The van der Waals surface area contributed by atoms with Gasteiger partial charge in [-0.3, -0.25) is 0 Å². The third-order valence-electron chi connectivity index (χ3n) is 11.6. The second-order valence-corrected chi connectivity index (χ2v) is 14.7. The van der Waals surface area contributed by atoms with Crippen LogP contribution in [0.3, 0.4) is 0 Å². The molecular weight excluding hydrogens is 526 g/mol. The summed E-state index contributed by atoms with van der Waals surface area (Å²) in [6, 6.07) is 5.40. The highest BCUT2D eigenvalue weighted by atomic mass is 16.5. The average molecular weight is 572 g/mol. The van der Waals surface area contributed by atoms with E-state index in [4.69, 9.17) is 4.74 Å². The van der Waals surface area contributed by atoms with E-state index in [2.05, 4.69) is 104 Å². The van der Waals surface area contributed by atoms with Crippen molar-refractivity contribution in [3.05, 3.63) is 105 Å². The summed E-state index contributed by atoms with van der Waals surface area (Å²) in [5, 5.41) is 3.93. The van der Waals surface area contributed by atoms with Crippen LogP contribution in [0.4, 0.5) is 5.69 Å². The Bertz CT molecular complexity index is 1650. The maximum atomic E-state index is 7.27. The Labute approximate surface area is 257 Å². The first-order chi connectivity index (χ1) is 20.9. The van der Waals surface area contributed by atoms with Gasteiger partial charge in [-0.15, -0.1) is 0 Å². The molecule has 0 aromatic heterocycles. The van der Waals surface area contributed by atoms with E-state index in [1.54, 1.807) is 0 Å². The smallest absolute Gasteiger partial charge is 0.136 e. The van der Waals surface area contributed by atoms with Gasteiger partial charge in [0.15, 0.2) is 0 Å². The molecule has 7 atom stereocenters. The summed E-state index contributed by atoms with van der Waals surface area (Å²) in [5.41, 5.74) is 14.4. The number of anilines is 1. The van der Waals surface area contributed by atoms with Crippen LogP contribution in [0, 0.1) is 17.8 Å².